The highest BCUT2D eigenvalue weighted by Gasteiger charge is 2.09. The lowest BCUT2D eigenvalue weighted by Crippen LogP contribution is -1.99. The fourth-order valence-corrected chi connectivity index (χ4v) is 1.75. The molecule has 0 unspecified atom stereocenters. The average Bonchev–Trinajstić information content (AvgIpc) is 2.53. The molecule has 0 bridgehead atoms. The molecule has 0 N–H and O–H groups in total. The molecular formula is C16H14FN3O3. The first-order valence-corrected chi connectivity index (χ1v) is 6.64. The van der Waals surface area contributed by atoms with E-state index in [9.17, 15) is 14.1 Å². The van der Waals surface area contributed by atoms with Crippen molar-refractivity contribution in [1.82, 2.24) is 9.88 Å². The van der Waals surface area contributed by atoms with Crippen LogP contribution in [0.25, 0.3) is 6.08 Å². The number of carbonyl (C=O) groups excluding carboxylic acids is 1. The molecule has 0 saturated heterocycles. The van der Waals surface area contributed by atoms with E-state index in [0.29, 0.717) is 11.8 Å². The number of hydrogen-bond donors (Lipinski definition) is 0. The minimum atomic E-state index is -0.537. The van der Waals surface area contributed by atoms with Gasteiger partial charge in [0.15, 0.2) is 6.29 Å². The highest BCUT2D eigenvalue weighted by molar-refractivity contribution is 5.79. The summed E-state index contributed by atoms with van der Waals surface area (Å²) in [6.45, 7) is 0. The number of hydrogen-bond acceptors (Lipinski definition) is 6. The van der Waals surface area contributed by atoms with E-state index in [2.05, 4.69) is 10.2 Å². The number of nitrogens with zero attached hydrogens (tertiary/aromatic N) is 3. The average molecular weight is 315 g/mol. The smallest absolute Gasteiger partial charge is 0.219 e. The number of halogens is 1. The third-order valence-electron chi connectivity index (χ3n) is 2.86. The maximum absolute atomic E-state index is 13.3. The van der Waals surface area contributed by atoms with Crippen molar-refractivity contribution >= 4 is 18.0 Å². The van der Waals surface area contributed by atoms with Gasteiger partial charge in [0, 0.05) is 31.8 Å². The minimum Gasteiger partial charge on any atom is -0.438 e. The van der Waals surface area contributed by atoms with Crippen LogP contribution in [0.15, 0.2) is 41.8 Å². The molecule has 0 aliphatic heterocycles. The van der Waals surface area contributed by atoms with E-state index in [1.807, 2.05) is 14.1 Å². The molecule has 0 radical (unpaired) electrons. The van der Waals surface area contributed by atoms with Gasteiger partial charge in [-0.05, 0) is 29.6 Å². The van der Waals surface area contributed by atoms with Crippen molar-refractivity contribution in [3.05, 3.63) is 58.5 Å². The van der Waals surface area contributed by atoms with Crippen LogP contribution in [0.1, 0.15) is 15.9 Å². The van der Waals surface area contributed by atoms with E-state index >= 15 is 0 Å². The van der Waals surface area contributed by atoms with Crippen molar-refractivity contribution < 1.29 is 13.9 Å². The van der Waals surface area contributed by atoms with Gasteiger partial charge in [-0.15, -0.1) is 4.91 Å². The molecule has 0 spiro atoms. The van der Waals surface area contributed by atoms with Gasteiger partial charge in [0.05, 0.1) is 11.8 Å². The van der Waals surface area contributed by atoms with Gasteiger partial charge < -0.3 is 9.64 Å². The molecule has 23 heavy (non-hydrogen) atoms. The summed E-state index contributed by atoms with van der Waals surface area (Å²) >= 11 is 0. The van der Waals surface area contributed by atoms with Gasteiger partial charge >= 0.3 is 0 Å². The summed E-state index contributed by atoms with van der Waals surface area (Å²) in [6.07, 6.45) is 5.20. The third kappa shape index (κ3) is 4.19. The Labute approximate surface area is 132 Å². The lowest BCUT2D eigenvalue weighted by Gasteiger charge is -2.09. The number of pyridine rings is 1. The number of nitroso groups, excluding NO2 is 1. The standard InChI is InChI=1S/C16H14FN3O3/c1-20(2)6-5-11-7-16(18-9-14(11)19-22)23-15-8-13(17)4-3-12(15)10-21/h3-10H,1-2H3/b6-5+. The largest absolute Gasteiger partial charge is 0.438 e. The molecule has 0 fully saturated rings. The number of aldehydes is 1. The first-order chi connectivity index (χ1) is 11.0. The van der Waals surface area contributed by atoms with Crippen molar-refractivity contribution in [2.75, 3.05) is 14.1 Å². The van der Waals surface area contributed by atoms with Crippen LogP contribution in [0, 0.1) is 10.7 Å². The SMILES string of the molecule is CN(C)/C=C/c1cc(Oc2cc(F)ccc2C=O)ncc1N=O. The van der Waals surface area contributed by atoms with Crippen molar-refractivity contribution in [3.63, 3.8) is 0 Å². The molecule has 6 nitrogen and oxygen atoms in total. The van der Waals surface area contributed by atoms with E-state index in [-0.39, 0.29) is 22.9 Å². The Hall–Kier alpha value is -3.09. The Morgan fingerprint density at radius 1 is 1.26 bits per heavy atom. The van der Waals surface area contributed by atoms with Crippen LogP contribution in [-0.4, -0.2) is 30.3 Å². The fraction of sp³-hybridized carbons (Fsp3) is 0.125. The summed E-state index contributed by atoms with van der Waals surface area (Å²) in [5.74, 6) is -0.379. The zero-order chi connectivity index (χ0) is 16.8. The van der Waals surface area contributed by atoms with Crippen molar-refractivity contribution in [3.8, 4) is 11.6 Å². The van der Waals surface area contributed by atoms with Crippen molar-refractivity contribution in [2.24, 2.45) is 5.18 Å². The maximum Gasteiger partial charge on any atom is 0.219 e. The van der Waals surface area contributed by atoms with Crippen LogP contribution < -0.4 is 4.74 Å². The molecule has 1 aromatic carbocycles. The van der Waals surface area contributed by atoms with Gasteiger partial charge in [0.2, 0.25) is 5.88 Å². The number of rotatable bonds is 6. The number of benzene rings is 1. The number of carbonyl (C=O) groups is 1. The van der Waals surface area contributed by atoms with Crippen molar-refractivity contribution in [1.29, 1.82) is 0 Å². The topological polar surface area (TPSA) is 71.9 Å². The number of aromatic nitrogens is 1. The predicted molar refractivity (Wildman–Crippen MR) is 84.3 cm³/mol. The first-order valence-electron chi connectivity index (χ1n) is 6.64. The molecular weight excluding hydrogens is 301 g/mol. The molecule has 2 rings (SSSR count). The van der Waals surface area contributed by atoms with Crippen LogP contribution in [0.4, 0.5) is 10.1 Å². The minimum absolute atomic E-state index is 0.0434. The summed E-state index contributed by atoms with van der Waals surface area (Å²) in [4.78, 5) is 27.5. The second-order valence-corrected chi connectivity index (χ2v) is 4.85. The molecule has 2 aromatic rings. The molecule has 0 aliphatic rings. The van der Waals surface area contributed by atoms with Gasteiger partial charge in [0.1, 0.15) is 17.3 Å². The zero-order valence-corrected chi connectivity index (χ0v) is 12.6. The lowest BCUT2D eigenvalue weighted by molar-refractivity contribution is 0.112. The summed E-state index contributed by atoms with van der Waals surface area (Å²) in [5, 5.41) is 2.89. The summed E-state index contributed by atoms with van der Waals surface area (Å²) in [5.41, 5.74) is 0.823. The Morgan fingerprint density at radius 3 is 2.70 bits per heavy atom. The molecule has 7 heteroatoms. The maximum atomic E-state index is 13.3. The Morgan fingerprint density at radius 2 is 2.04 bits per heavy atom. The fourth-order valence-electron chi connectivity index (χ4n) is 1.75. The van der Waals surface area contributed by atoms with E-state index < -0.39 is 5.82 Å². The third-order valence-corrected chi connectivity index (χ3v) is 2.86. The van der Waals surface area contributed by atoms with E-state index in [1.54, 1.807) is 17.2 Å². The predicted octanol–water partition coefficient (Wildman–Crippen LogP) is 3.76. The summed E-state index contributed by atoms with van der Waals surface area (Å²) < 4.78 is 18.8. The van der Waals surface area contributed by atoms with Gasteiger partial charge in [-0.25, -0.2) is 9.37 Å². The van der Waals surface area contributed by atoms with Gasteiger partial charge in [-0.2, -0.15) is 0 Å². The lowest BCUT2D eigenvalue weighted by atomic mass is 10.2. The monoisotopic (exact) mass is 315 g/mol. The normalized spacial score (nSPS) is 10.6. The zero-order valence-electron chi connectivity index (χ0n) is 12.6. The quantitative estimate of drug-likeness (QED) is 0.599. The molecule has 0 saturated carbocycles. The van der Waals surface area contributed by atoms with Crippen LogP contribution in [0.3, 0.4) is 0 Å². The summed E-state index contributed by atoms with van der Waals surface area (Å²) in [6, 6.07) is 5.05. The second-order valence-electron chi connectivity index (χ2n) is 4.85. The van der Waals surface area contributed by atoms with Crippen LogP contribution in [0.5, 0.6) is 11.6 Å². The van der Waals surface area contributed by atoms with Gasteiger partial charge in [-0.3, -0.25) is 4.79 Å². The molecule has 1 aromatic heterocycles. The van der Waals surface area contributed by atoms with Crippen LogP contribution >= 0.6 is 0 Å². The summed E-state index contributed by atoms with van der Waals surface area (Å²) in [7, 11) is 3.65. The Kier molecular flexibility index (Phi) is 5.14. The highest BCUT2D eigenvalue weighted by Crippen LogP contribution is 2.28. The second kappa shape index (κ2) is 7.26. The highest BCUT2D eigenvalue weighted by atomic mass is 19.1. The van der Waals surface area contributed by atoms with E-state index in [4.69, 9.17) is 4.74 Å². The molecule has 0 aliphatic carbocycles. The first kappa shape index (κ1) is 16.3. The van der Waals surface area contributed by atoms with E-state index in [0.717, 1.165) is 12.1 Å². The molecule has 0 amide bonds. The van der Waals surface area contributed by atoms with Crippen LogP contribution in [-0.2, 0) is 0 Å². The van der Waals surface area contributed by atoms with E-state index in [1.165, 1.54) is 18.3 Å². The molecule has 1 heterocycles. The Balaban J connectivity index is 2.37. The Bertz CT molecular complexity index is 760. The van der Waals surface area contributed by atoms with Crippen molar-refractivity contribution in [2.45, 2.75) is 0 Å². The van der Waals surface area contributed by atoms with Gasteiger partial charge in [0.25, 0.3) is 0 Å². The van der Waals surface area contributed by atoms with Crippen LogP contribution in [0.2, 0.25) is 0 Å². The number of ether oxygens (including phenoxy) is 1. The van der Waals surface area contributed by atoms with Gasteiger partial charge in [-0.1, -0.05) is 0 Å². The molecule has 0 atom stereocenters. The molecule has 118 valence electrons.